The number of rotatable bonds is 7. The van der Waals surface area contributed by atoms with Gasteiger partial charge in [-0.05, 0) is 32.3 Å². The summed E-state index contributed by atoms with van der Waals surface area (Å²) in [6.45, 7) is 10.1. The topological polar surface area (TPSA) is 48.0 Å². The van der Waals surface area contributed by atoms with Crippen molar-refractivity contribution in [3.8, 4) is 0 Å². The Kier molecular flexibility index (Phi) is 6.12. The Bertz CT molecular complexity index is 610. The number of carbonyl (C=O) groups excluding carboxylic acids is 1. The molecule has 5 heteroatoms. The molecule has 2 saturated heterocycles. The van der Waals surface area contributed by atoms with Gasteiger partial charge in [0.05, 0.1) is 19.3 Å². The SMILES string of the molecule is C=C[C@H]([C@H](OCc1ccccc1)C(=O)N1CCCC1)[C@H]1COC(C)(C)O1. The van der Waals surface area contributed by atoms with Gasteiger partial charge in [-0.1, -0.05) is 36.4 Å². The van der Waals surface area contributed by atoms with Crippen molar-refractivity contribution in [2.24, 2.45) is 5.92 Å². The first-order valence-corrected chi connectivity index (χ1v) is 9.39. The minimum absolute atomic E-state index is 0.0247. The molecule has 0 saturated carbocycles. The molecule has 5 nitrogen and oxygen atoms in total. The number of ether oxygens (including phenoxy) is 3. The zero-order chi connectivity index (χ0) is 18.6. The molecule has 0 aromatic heterocycles. The molecule has 1 amide bonds. The maximum Gasteiger partial charge on any atom is 0.252 e. The van der Waals surface area contributed by atoms with E-state index >= 15 is 0 Å². The van der Waals surface area contributed by atoms with Gasteiger partial charge < -0.3 is 19.1 Å². The molecule has 0 unspecified atom stereocenters. The highest BCUT2D eigenvalue weighted by Crippen LogP contribution is 2.31. The van der Waals surface area contributed by atoms with Crippen LogP contribution in [-0.2, 0) is 25.6 Å². The molecule has 1 aromatic carbocycles. The van der Waals surface area contributed by atoms with Crippen LogP contribution in [-0.4, -0.2) is 48.5 Å². The molecule has 142 valence electrons. The number of amides is 1. The van der Waals surface area contributed by atoms with Gasteiger partial charge in [0.1, 0.15) is 6.10 Å². The van der Waals surface area contributed by atoms with Crippen molar-refractivity contribution < 1.29 is 19.0 Å². The summed E-state index contributed by atoms with van der Waals surface area (Å²) in [5.41, 5.74) is 1.04. The van der Waals surface area contributed by atoms with Crippen molar-refractivity contribution >= 4 is 5.91 Å². The van der Waals surface area contributed by atoms with Crippen molar-refractivity contribution in [3.63, 3.8) is 0 Å². The van der Waals surface area contributed by atoms with Crippen molar-refractivity contribution in [3.05, 3.63) is 48.6 Å². The van der Waals surface area contributed by atoms with Gasteiger partial charge >= 0.3 is 0 Å². The summed E-state index contributed by atoms with van der Waals surface area (Å²) >= 11 is 0. The van der Waals surface area contributed by atoms with Gasteiger partial charge in [0.25, 0.3) is 5.91 Å². The Balaban J connectivity index is 1.76. The van der Waals surface area contributed by atoms with E-state index in [1.54, 1.807) is 6.08 Å². The van der Waals surface area contributed by atoms with Crippen molar-refractivity contribution in [2.75, 3.05) is 19.7 Å². The molecule has 2 aliphatic heterocycles. The molecule has 3 rings (SSSR count). The monoisotopic (exact) mass is 359 g/mol. The van der Waals surface area contributed by atoms with Crippen LogP contribution in [0.5, 0.6) is 0 Å². The highest BCUT2D eigenvalue weighted by Gasteiger charge is 2.43. The maximum absolute atomic E-state index is 13.1. The lowest BCUT2D eigenvalue weighted by molar-refractivity contribution is -0.161. The van der Waals surface area contributed by atoms with Crippen molar-refractivity contribution in [1.82, 2.24) is 4.90 Å². The second kappa shape index (κ2) is 8.33. The Morgan fingerprint density at radius 3 is 2.62 bits per heavy atom. The zero-order valence-electron chi connectivity index (χ0n) is 15.7. The van der Waals surface area contributed by atoms with Crippen LogP contribution < -0.4 is 0 Å². The Hall–Kier alpha value is -1.69. The average molecular weight is 359 g/mol. The fraction of sp³-hybridized carbons (Fsp3) is 0.571. The molecule has 26 heavy (non-hydrogen) atoms. The standard InChI is InChI=1S/C21H29NO4/c1-4-17(18-15-25-21(2,3)26-18)19(20(23)22-12-8-9-13-22)24-14-16-10-6-5-7-11-16/h4-7,10-11,17-19H,1,8-9,12-15H2,2-3H3/t17-,18+,19-/m0/s1. The second-order valence-corrected chi connectivity index (χ2v) is 7.43. The number of nitrogens with zero attached hydrogens (tertiary/aromatic N) is 1. The fourth-order valence-corrected chi connectivity index (χ4v) is 3.60. The van der Waals surface area contributed by atoms with E-state index in [1.165, 1.54) is 0 Å². The van der Waals surface area contributed by atoms with E-state index in [2.05, 4.69) is 6.58 Å². The molecule has 0 spiro atoms. The van der Waals surface area contributed by atoms with Crippen LogP contribution in [0.25, 0.3) is 0 Å². The highest BCUT2D eigenvalue weighted by atomic mass is 16.7. The summed E-state index contributed by atoms with van der Waals surface area (Å²) in [6, 6.07) is 9.90. The summed E-state index contributed by atoms with van der Waals surface area (Å²) in [6.07, 6.45) is 3.01. The van der Waals surface area contributed by atoms with E-state index < -0.39 is 11.9 Å². The third kappa shape index (κ3) is 4.53. The van der Waals surface area contributed by atoms with Crippen LogP contribution in [0.2, 0.25) is 0 Å². The smallest absolute Gasteiger partial charge is 0.252 e. The largest absolute Gasteiger partial charge is 0.363 e. The highest BCUT2D eigenvalue weighted by molar-refractivity contribution is 5.82. The molecule has 0 bridgehead atoms. The number of hydrogen-bond donors (Lipinski definition) is 0. The molecule has 1 aromatic rings. The lowest BCUT2D eigenvalue weighted by Crippen LogP contribution is -2.46. The van der Waals surface area contributed by atoms with Crippen LogP contribution in [0.15, 0.2) is 43.0 Å². The van der Waals surface area contributed by atoms with Crippen LogP contribution in [0.1, 0.15) is 32.3 Å². The Morgan fingerprint density at radius 1 is 1.35 bits per heavy atom. The third-order valence-corrected chi connectivity index (χ3v) is 5.01. The van der Waals surface area contributed by atoms with Gasteiger partial charge in [-0.15, -0.1) is 6.58 Å². The zero-order valence-corrected chi connectivity index (χ0v) is 15.7. The molecule has 0 radical (unpaired) electrons. The van der Waals surface area contributed by atoms with Gasteiger partial charge in [0.2, 0.25) is 0 Å². The lowest BCUT2D eigenvalue weighted by atomic mass is 9.94. The fourth-order valence-electron chi connectivity index (χ4n) is 3.60. The molecule has 2 fully saturated rings. The first-order valence-electron chi connectivity index (χ1n) is 9.39. The lowest BCUT2D eigenvalue weighted by Gasteiger charge is -2.31. The second-order valence-electron chi connectivity index (χ2n) is 7.43. The van der Waals surface area contributed by atoms with Crippen molar-refractivity contribution in [1.29, 1.82) is 0 Å². The van der Waals surface area contributed by atoms with E-state index in [9.17, 15) is 4.79 Å². The van der Waals surface area contributed by atoms with Crippen LogP contribution in [0, 0.1) is 5.92 Å². The minimum atomic E-state index is -0.646. The first kappa shape index (κ1) is 19.1. The minimum Gasteiger partial charge on any atom is -0.363 e. The van der Waals surface area contributed by atoms with E-state index in [1.807, 2.05) is 49.1 Å². The molecule has 2 aliphatic rings. The number of likely N-dealkylation sites (tertiary alicyclic amines) is 1. The summed E-state index contributed by atoms with van der Waals surface area (Å²) in [5, 5.41) is 0. The number of benzene rings is 1. The maximum atomic E-state index is 13.1. The first-order chi connectivity index (χ1) is 12.5. The average Bonchev–Trinajstić information content (AvgIpc) is 3.28. The summed E-state index contributed by atoms with van der Waals surface area (Å²) in [4.78, 5) is 15.0. The van der Waals surface area contributed by atoms with E-state index in [-0.39, 0.29) is 17.9 Å². The predicted octanol–water partition coefficient (Wildman–Crippen LogP) is 3.15. The molecular formula is C21H29NO4. The number of carbonyl (C=O) groups is 1. The summed E-state index contributed by atoms with van der Waals surface area (Å²) in [7, 11) is 0. The van der Waals surface area contributed by atoms with Crippen LogP contribution in [0.3, 0.4) is 0 Å². The third-order valence-electron chi connectivity index (χ3n) is 5.01. The van der Waals surface area contributed by atoms with Gasteiger partial charge in [0.15, 0.2) is 5.79 Å². The van der Waals surface area contributed by atoms with Gasteiger partial charge in [-0.25, -0.2) is 0 Å². The molecular weight excluding hydrogens is 330 g/mol. The van der Waals surface area contributed by atoms with E-state index in [0.29, 0.717) is 13.2 Å². The summed E-state index contributed by atoms with van der Waals surface area (Å²) in [5.74, 6) is -0.878. The predicted molar refractivity (Wildman–Crippen MR) is 99.4 cm³/mol. The number of hydrogen-bond acceptors (Lipinski definition) is 4. The van der Waals surface area contributed by atoms with Crippen LogP contribution in [0.4, 0.5) is 0 Å². The summed E-state index contributed by atoms with van der Waals surface area (Å²) < 4.78 is 17.8. The van der Waals surface area contributed by atoms with E-state index in [4.69, 9.17) is 14.2 Å². The van der Waals surface area contributed by atoms with Crippen molar-refractivity contribution in [2.45, 2.75) is 51.3 Å². The molecule has 3 atom stereocenters. The molecule has 2 heterocycles. The normalized spacial score (nSPS) is 24.4. The van der Waals surface area contributed by atoms with Gasteiger partial charge in [-0.2, -0.15) is 0 Å². The Labute approximate surface area is 155 Å². The Morgan fingerprint density at radius 2 is 2.04 bits per heavy atom. The van der Waals surface area contributed by atoms with Crippen LogP contribution >= 0.6 is 0 Å². The van der Waals surface area contributed by atoms with E-state index in [0.717, 1.165) is 31.5 Å². The molecule has 0 N–H and O–H groups in total. The van der Waals surface area contributed by atoms with Gasteiger partial charge in [-0.3, -0.25) is 4.79 Å². The molecule has 0 aliphatic carbocycles. The van der Waals surface area contributed by atoms with Gasteiger partial charge in [0, 0.05) is 19.0 Å². The quantitative estimate of drug-likeness (QED) is 0.702.